The maximum atomic E-state index is 11.8. The second kappa shape index (κ2) is 8.44. The van der Waals surface area contributed by atoms with Crippen molar-refractivity contribution in [2.45, 2.75) is 0 Å². The number of halogens is 1. The van der Waals surface area contributed by atoms with Gasteiger partial charge in [-0.1, -0.05) is 6.07 Å². The van der Waals surface area contributed by atoms with E-state index in [1.165, 1.54) is 0 Å². The summed E-state index contributed by atoms with van der Waals surface area (Å²) in [5.41, 5.74) is 0.690. The summed E-state index contributed by atoms with van der Waals surface area (Å²) in [5, 5.41) is 2.83. The van der Waals surface area contributed by atoms with Crippen LogP contribution in [0.15, 0.2) is 24.3 Å². The molecule has 0 saturated carbocycles. The predicted molar refractivity (Wildman–Crippen MR) is 80.9 cm³/mol. The van der Waals surface area contributed by atoms with E-state index < -0.39 is 0 Å². The van der Waals surface area contributed by atoms with Gasteiger partial charge in [0.1, 0.15) is 0 Å². The number of carbonyl (C=O) groups excluding carboxylic acids is 1. The van der Waals surface area contributed by atoms with Crippen molar-refractivity contribution in [3.05, 3.63) is 33.4 Å². The Morgan fingerprint density at radius 3 is 2.83 bits per heavy atom. The molecular weight excluding hydrogens is 343 g/mol. The molecule has 0 aliphatic heterocycles. The van der Waals surface area contributed by atoms with Gasteiger partial charge in [0.15, 0.2) is 0 Å². The van der Waals surface area contributed by atoms with Gasteiger partial charge in [-0.25, -0.2) is 0 Å². The Morgan fingerprint density at radius 2 is 2.17 bits per heavy atom. The molecule has 0 atom stereocenters. The first-order valence-electron chi connectivity index (χ1n) is 5.86. The van der Waals surface area contributed by atoms with E-state index in [0.29, 0.717) is 25.3 Å². The van der Waals surface area contributed by atoms with Crippen molar-refractivity contribution in [2.75, 3.05) is 40.4 Å². The first kappa shape index (κ1) is 15.4. The third-order valence-electron chi connectivity index (χ3n) is 2.30. The minimum Gasteiger partial charge on any atom is -0.378 e. The van der Waals surface area contributed by atoms with Crippen molar-refractivity contribution in [1.29, 1.82) is 0 Å². The van der Waals surface area contributed by atoms with E-state index in [-0.39, 0.29) is 5.91 Å². The Hall–Kier alpha value is -0.660. The summed E-state index contributed by atoms with van der Waals surface area (Å²) in [7, 11) is 4.00. The monoisotopic (exact) mass is 362 g/mol. The Kier molecular flexibility index (Phi) is 7.22. The number of nitrogens with zero attached hydrogens (tertiary/aromatic N) is 1. The fraction of sp³-hybridized carbons (Fsp3) is 0.462. The van der Waals surface area contributed by atoms with E-state index in [1.54, 1.807) is 0 Å². The summed E-state index contributed by atoms with van der Waals surface area (Å²) in [4.78, 5) is 13.8. The van der Waals surface area contributed by atoms with Crippen molar-refractivity contribution in [1.82, 2.24) is 10.2 Å². The molecule has 4 nitrogen and oxygen atoms in total. The van der Waals surface area contributed by atoms with Crippen molar-refractivity contribution >= 4 is 28.5 Å². The molecule has 18 heavy (non-hydrogen) atoms. The van der Waals surface area contributed by atoms with E-state index in [9.17, 15) is 4.79 Å². The highest BCUT2D eigenvalue weighted by atomic mass is 127. The molecule has 1 aromatic rings. The molecule has 100 valence electrons. The van der Waals surface area contributed by atoms with Crippen LogP contribution in [0.2, 0.25) is 0 Å². The third kappa shape index (κ3) is 6.32. The zero-order valence-electron chi connectivity index (χ0n) is 10.8. The summed E-state index contributed by atoms with van der Waals surface area (Å²) in [6.45, 7) is 2.66. The van der Waals surface area contributed by atoms with Crippen LogP contribution in [0.4, 0.5) is 0 Å². The molecule has 0 aliphatic rings. The number of carbonyl (C=O) groups is 1. The van der Waals surface area contributed by atoms with Crippen LogP contribution in [0.3, 0.4) is 0 Å². The standard InChI is InChI=1S/C13H19IN2O2/c1-16(2)7-9-18-8-6-15-13(17)11-4-3-5-12(14)10-11/h3-5,10H,6-9H2,1-2H3,(H,15,17). The van der Waals surface area contributed by atoms with Crippen molar-refractivity contribution in [3.63, 3.8) is 0 Å². The molecule has 5 heteroatoms. The lowest BCUT2D eigenvalue weighted by molar-refractivity contribution is 0.0900. The second-order valence-corrected chi connectivity index (χ2v) is 5.43. The fourth-order valence-electron chi connectivity index (χ4n) is 1.32. The zero-order chi connectivity index (χ0) is 13.4. The van der Waals surface area contributed by atoms with Gasteiger partial charge in [0, 0.05) is 22.2 Å². The number of amides is 1. The Bertz CT molecular complexity index is 383. The van der Waals surface area contributed by atoms with Crippen LogP contribution in [-0.4, -0.2) is 51.2 Å². The molecule has 1 N–H and O–H groups in total. The van der Waals surface area contributed by atoms with E-state index in [4.69, 9.17) is 4.74 Å². The summed E-state index contributed by atoms with van der Waals surface area (Å²) in [6, 6.07) is 7.51. The van der Waals surface area contributed by atoms with E-state index in [0.717, 1.165) is 10.1 Å². The topological polar surface area (TPSA) is 41.6 Å². The van der Waals surface area contributed by atoms with Crippen LogP contribution in [-0.2, 0) is 4.74 Å². The second-order valence-electron chi connectivity index (χ2n) is 4.18. The largest absolute Gasteiger partial charge is 0.378 e. The highest BCUT2D eigenvalue weighted by Crippen LogP contribution is 2.07. The molecule has 0 radical (unpaired) electrons. The van der Waals surface area contributed by atoms with Crippen molar-refractivity contribution < 1.29 is 9.53 Å². The molecule has 0 fully saturated rings. The first-order valence-corrected chi connectivity index (χ1v) is 6.93. The van der Waals surface area contributed by atoms with Crippen molar-refractivity contribution in [3.8, 4) is 0 Å². The number of hydrogen-bond donors (Lipinski definition) is 1. The number of likely N-dealkylation sites (N-methyl/N-ethyl adjacent to an activating group) is 1. The predicted octanol–water partition coefficient (Wildman–Crippen LogP) is 1.60. The molecule has 1 rings (SSSR count). The van der Waals surface area contributed by atoms with Gasteiger partial charge >= 0.3 is 0 Å². The van der Waals surface area contributed by atoms with E-state index in [2.05, 4.69) is 32.8 Å². The SMILES string of the molecule is CN(C)CCOCCNC(=O)c1cccc(I)c1. The lowest BCUT2D eigenvalue weighted by Crippen LogP contribution is -2.28. The Balaban J connectivity index is 2.18. The lowest BCUT2D eigenvalue weighted by atomic mass is 10.2. The number of hydrogen-bond acceptors (Lipinski definition) is 3. The summed E-state index contributed by atoms with van der Waals surface area (Å²) in [6.07, 6.45) is 0. The number of rotatable bonds is 7. The zero-order valence-corrected chi connectivity index (χ0v) is 12.9. The average Bonchev–Trinajstić information content (AvgIpc) is 2.33. The molecular formula is C13H19IN2O2. The maximum Gasteiger partial charge on any atom is 0.251 e. The van der Waals surface area contributed by atoms with Gasteiger partial charge in [0.2, 0.25) is 0 Å². The normalized spacial score (nSPS) is 10.7. The molecule has 1 aromatic carbocycles. The van der Waals surface area contributed by atoms with Gasteiger partial charge in [-0.3, -0.25) is 4.79 Å². The van der Waals surface area contributed by atoms with Crippen LogP contribution < -0.4 is 5.32 Å². The first-order chi connectivity index (χ1) is 8.59. The Morgan fingerprint density at radius 1 is 1.39 bits per heavy atom. The lowest BCUT2D eigenvalue weighted by Gasteiger charge is -2.10. The van der Waals surface area contributed by atoms with Gasteiger partial charge in [-0.2, -0.15) is 0 Å². The molecule has 0 aromatic heterocycles. The number of ether oxygens (including phenoxy) is 1. The molecule has 0 saturated heterocycles. The molecule has 1 amide bonds. The van der Waals surface area contributed by atoms with Crippen LogP contribution >= 0.6 is 22.6 Å². The highest BCUT2D eigenvalue weighted by molar-refractivity contribution is 14.1. The van der Waals surface area contributed by atoms with Gasteiger partial charge in [-0.05, 0) is 54.9 Å². The maximum absolute atomic E-state index is 11.8. The average molecular weight is 362 g/mol. The smallest absolute Gasteiger partial charge is 0.251 e. The molecule has 0 spiro atoms. The van der Waals surface area contributed by atoms with Gasteiger partial charge in [0.05, 0.1) is 13.2 Å². The highest BCUT2D eigenvalue weighted by Gasteiger charge is 2.04. The quantitative estimate of drug-likeness (QED) is 0.592. The number of nitrogens with one attached hydrogen (secondary N) is 1. The van der Waals surface area contributed by atoms with Gasteiger partial charge < -0.3 is 15.0 Å². The minimum absolute atomic E-state index is 0.0512. The molecule has 0 unspecified atom stereocenters. The summed E-state index contributed by atoms with van der Waals surface area (Å²) >= 11 is 2.19. The van der Waals surface area contributed by atoms with Gasteiger partial charge in [-0.15, -0.1) is 0 Å². The molecule has 0 aliphatic carbocycles. The molecule has 0 bridgehead atoms. The number of benzene rings is 1. The minimum atomic E-state index is -0.0512. The third-order valence-corrected chi connectivity index (χ3v) is 2.97. The fourth-order valence-corrected chi connectivity index (χ4v) is 1.86. The molecule has 0 heterocycles. The van der Waals surface area contributed by atoms with E-state index in [1.807, 2.05) is 38.4 Å². The Labute approximate surface area is 122 Å². The van der Waals surface area contributed by atoms with Crippen LogP contribution in [0.25, 0.3) is 0 Å². The van der Waals surface area contributed by atoms with E-state index >= 15 is 0 Å². The van der Waals surface area contributed by atoms with Crippen LogP contribution in [0, 0.1) is 3.57 Å². The van der Waals surface area contributed by atoms with Gasteiger partial charge in [0.25, 0.3) is 5.91 Å². The summed E-state index contributed by atoms with van der Waals surface area (Å²) in [5.74, 6) is -0.0512. The summed E-state index contributed by atoms with van der Waals surface area (Å²) < 4.78 is 6.45. The van der Waals surface area contributed by atoms with Crippen LogP contribution in [0.1, 0.15) is 10.4 Å². The van der Waals surface area contributed by atoms with Crippen LogP contribution in [0.5, 0.6) is 0 Å². The van der Waals surface area contributed by atoms with Crippen molar-refractivity contribution in [2.24, 2.45) is 0 Å².